The first-order chi connectivity index (χ1) is 7.25. The summed E-state index contributed by atoms with van der Waals surface area (Å²) in [5.74, 6) is 0. The molecule has 16 heavy (non-hydrogen) atoms. The van der Waals surface area contributed by atoms with Gasteiger partial charge in [-0.2, -0.15) is 0 Å². The molecule has 0 nitrogen and oxygen atoms in total. The van der Waals surface area contributed by atoms with E-state index in [9.17, 15) is 0 Å². The predicted octanol–water partition coefficient (Wildman–Crippen LogP) is 4.78. The van der Waals surface area contributed by atoms with Gasteiger partial charge < -0.3 is 0 Å². The van der Waals surface area contributed by atoms with Gasteiger partial charge in [0.05, 0.1) is 0 Å². The normalized spacial score (nSPS) is 9.62. The SMILES string of the molecule is Sc1ccc(Cl)cc1Sc1ccccc1.[Zn+2]. The van der Waals surface area contributed by atoms with Crippen LogP contribution in [0.25, 0.3) is 0 Å². The number of benzene rings is 2. The van der Waals surface area contributed by atoms with Gasteiger partial charge in [-0.15, -0.1) is 12.6 Å². The van der Waals surface area contributed by atoms with Crippen molar-refractivity contribution in [2.24, 2.45) is 0 Å². The molecule has 2 aromatic carbocycles. The van der Waals surface area contributed by atoms with Crippen LogP contribution in [-0.2, 0) is 19.5 Å². The molecule has 0 fully saturated rings. The Balaban J connectivity index is 0.00000128. The molecule has 0 N–H and O–H groups in total. The Labute approximate surface area is 123 Å². The molecule has 0 aliphatic heterocycles. The zero-order chi connectivity index (χ0) is 10.7. The summed E-state index contributed by atoms with van der Waals surface area (Å²) >= 11 is 12.0. The van der Waals surface area contributed by atoms with Crippen molar-refractivity contribution in [1.82, 2.24) is 0 Å². The Morgan fingerprint density at radius 3 is 2.38 bits per heavy atom. The molecule has 0 atom stereocenters. The Hall–Kier alpha value is 0.0534. The molecule has 0 heterocycles. The van der Waals surface area contributed by atoms with Crippen LogP contribution in [0.15, 0.2) is 63.2 Å². The summed E-state index contributed by atoms with van der Waals surface area (Å²) in [6, 6.07) is 15.9. The van der Waals surface area contributed by atoms with E-state index in [1.807, 2.05) is 36.4 Å². The maximum atomic E-state index is 5.94. The molecule has 0 aliphatic carbocycles. The standard InChI is InChI=1S/C12H9ClS2.Zn/c13-9-6-7-11(14)12(8-9)15-10-4-2-1-3-5-10;/h1-8,14H;/q;+2. The summed E-state index contributed by atoms with van der Waals surface area (Å²) < 4.78 is 0. The summed E-state index contributed by atoms with van der Waals surface area (Å²) in [5, 5.41) is 0.742. The second kappa shape index (κ2) is 6.71. The van der Waals surface area contributed by atoms with Crippen molar-refractivity contribution in [3.05, 3.63) is 53.6 Å². The number of halogens is 1. The molecule has 0 aromatic heterocycles. The second-order valence-electron chi connectivity index (χ2n) is 3.03. The molecule has 76 valence electrons. The number of rotatable bonds is 2. The van der Waals surface area contributed by atoms with Crippen LogP contribution < -0.4 is 0 Å². The summed E-state index contributed by atoms with van der Waals surface area (Å²) in [5.41, 5.74) is 0. The molecule has 0 spiro atoms. The smallest absolute Gasteiger partial charge is 0.142 e. The van der Waals surface area contributed by atoms with Crippen LogP contribution in [0.1, 0.15) is 0 Å². The van der Waals surface area contributed by atoms with E-state index in [4.69, 9.17) is 11.6 Å². The monoisotopic (exact) mass is 316 g/mol. The van der Waals surface area contributed by atoms with Gasteiger partial charge >= 0.3 is 19.5 Å². The molecular weight excluding hydrogens is 309 g/mol. The largest absolute Gasteiger partial charge is 2.00 e. The van der Waals surface area contributed by atoms with Gasteiger partial charge in [0.25, 0.3) is 0 Å². The van der Waals surface area contributed by atoms with E-state index in [0.29, 0.717) is 0 Å². The van der Waals surface area contributed by atoms with E-state index in [0.717, 1.165) is 14.8 Å². The first-order valence-electron chi connectivity index (χ1n) is 4.47. The van der Waals surface area contributed by atoms with Crippen molar-refractivity contribution < 1.29 is 19.5 Å². The first-order valence-corrected chi connectivity index (χ1v) is 6.11. The Morgan fingerprint density at radius 2 is 1.69 bits per heavy atom. The average molecular weight is 318 g/mol. The Bertz CT molecular complexity index is 460. The van der Waals surface area contributed by atoms with Crippen LogP contribution in [0, 0.1) is 0 Å². The first kappa shape index (κ1) is 14.1. The van der Waals surface area contributed by atoms with E-state index < -0.39 is 0 Å². The van der Waals surface area contributed by atoms with Crippen molar-refractivity contribution in [1.29, 1.82) is 0 Å². The van der Waals surface area contributed by atoms with Crippen molar-refractivity contribution >= 4 is 36.0 Å². The zero-order valence-corrected chi connectivity index (χ0v) is 14.0. The van der Waals surface area contributed by atoms with Crippen LogP contribution in [0.5, 0.6) is 0 Å². The van der Waals surface area contributed by atoms with Crippen molar-refractivity contribution in [3.63, 3.8) is 0 Å². The molecule has 0 amide bonds. The van der Waals surface area contributed by atoms with Gasteiger partial charge in [0.15, 0.2) is 0 Å². The van der Waals surface area contributed by atoms with Gasteiger partial charge in [0.2, 0.25) is 0 Å². The van der Waals surface area contributed by atoms with E-state index in [2.05, 4.69) is 24.8 Å². The number of hydrogen-bond donors (Lipinski definition) is 1. The van der Waals surface area contributed by atoms with E-state index in [1.165, 1.54) is 4.90 Å². The summed E-state index contributed by atoms with van der Waals surface area (Å²) in [6.07, 6.45) is 0. The fraction of sp³-hybridized carbons (Fsp3) is 0. The predicted molar refractivity (Wildman–Crippen MR) is 69.3 cm³/mol. The number of thiol groups is 1. The van der Waals surface area contributed by atoms with Crippen LogP contribution >= 0.6 is 36.0 Å². The second-order valence-corrected chi connectivity index (χ2v) is 5.06. The van der Waals surface area contributed by atoms with Crippen LogP contribution in [0.4, 0.5) is 0 Å². The fourth-order valence-corrected chi connectivity index (χ4v) is 2.60. The van der Waals surface area contributed by atoms with Crippen LogP contribution in [0.2, 0.25) is 5.02 Å². The Morgan fingerprint density at radius 1 is 1.00 bits per heavy atom. The minimum Gasteiger partial charge on any atom is -0.142 e. The zero-order valence-electron chi connectivity index (χ0n) is 8.56. The van der Waals surface area contributed by atoms with E-state index >= 15 is 0 Å². The van der Waals surface area contributed by atoms with Gasteiger partial charge in [-0.05, 0) is 30.3 Å². The Kier molecular flexibility index (Phi) is 5.92. The van der Waals surface area contributed by atoms with E-state index in [-0.39, 0.29) is 19.5 Å². The molecule has 2 rings (SSSR count). The van der Waals surface area contributed by atoms with Gasteiger partial charge in [0.1, 0.15) is 0 Å². The number of hydrogen-bond acceptors (Lipinski definition) is 2. The van der Waals surface area contributed by atoms with Crippen molar-refractivity contribution in [2.75, 3.05) is 0 Å². The molecular formula is C12H9ClS2Zn+2. The molecule has 4 heteroatoms. The van der Waals surface area contributed by atoms with Gasteiger partial charge in [0, 0.05) is 19.7 Å². The minimum atomic E-state index is 0. The summed E-state index contributed by atoms with van der Waals surface area (Å²) in [6.45, 7) is 0. The molecule has 2 aromatic rings. The van der Waals surface area contributed by atoms with Gasteiger partial charge in [-0.25, -0.2) is 0 Å². The third kappa shape index (κ3) is 3.81. The molecule has 0 bridgehead atoms. The minimum absolute atomic E-state index is 0. The van der Waals surface area contributed by atoms with Crippen LogP contribution in [0.3, 0.4) is 0 Å². The quantitative estimate of drug-likeness (QED) is 0.614. The average Bonchev–Trinajstić information content (AvgIpc) is 2.25. The molecule has 0 saturated carbocycles. The summed E-state index contributed by atoms with van der Waals surface area (Å²) in [7, 11) is 0. The molecule has 0 unspecified atom stereocenters. The van der Waals surface area contributed by atoms with Crippen LogP contribution in [-0.4, -0.2) is 0 Å². The van der Waals surface area contributed by atoms with Gasteiger partial charge in [-0.1, -0.05) is 41.6 Å². The third-order valence-electron chi connectivity index (χ3n) is 1.89. The van der Waals surface area contributed by atoms with Crippen molar-refractivity contribution in [3.8, 4) is 0 Å². The van der Waals surface area contributed by atoms with Crippen molar-refractivity contribution in [2.45, 2.75) is 14.7 Å². The van der Waals surface area contributed by atoms with E-state index in [1.54, 1.807) is 11.8 Å². The fourth-order valence-electron chi connectivity index (χ4n) is 1.19. The van der Waals surface area contributed by atoms with Gasteiger partial charge in [-0.3, -0.25) is 0 Å². The maximum Gasteiger partial charge on any atom is 2.00 e. The summed E-state index contributed by atoms with van der Waals surface area (Å²) in [4.78, 5) is 3.22. The maximum absolute atomic E-state index is 5.94. The third-order valence-corrected chi connectivity index (χ3v) is 3.73. The molecule has 0 saturated heterocycles. The molecule has 0 radical (unpaired) electrons. The molecule has 0 aliphatic rings. The topological polar surface area (TPSA) is 0 Å².